The van der Waals surface area contributed by atoms with Crippen LogP contribution in [-0.2, 0) is 15.8 Å². The van der Waals surface area contributed by atoms with Crippen LogP contribution < -0.4 is 10.3 Å². The Kier molecular flexibility index (Phi) is 4.28. The van der Waals surface area contributed by atoms with Crippen molar-refractivity contribution in [2.24, 2.45) is 5.73 Å². The van der Waals surface area contributed by atoms with E-state index in [-0.39, 0.29) is 12.2 Å². The van der Waals surface area contributed by atoms with Gasteiger partial charge in [0.25, 0.3) is 0 Å². The minimum Gasteiger partial charge on any atom is -0.480 e. The molecule has 2 unspecified atom stereocenters. The third-order valence-electron chi connectivity index (χ3n) is 1.97. The highest BCUT2D eigenvalue weighted by atomic mass is 31.2. The monoisotopic (exact) mass is 259 g/mol. The highest BCUT2D eigenvalue weighted by molar-refractivity contribution is 7.52. The Bertz CT molecular complexity index is 439. The molecule has 0 fully saturated rings. The molecule has 0 bridgehead atoms. The maximum atomic E-state index is 11.0. The third-order valence-corrected chi connectivity index (χ3v) is 2.52. The molecule has 0 aliphatic carbocycles. The average molecular weight is 259 g/mol. The summed E-state index contributed by atoms with van der Waals surface area (Å²) in [5.74, 6) is -0.815. The van der Waals surface area contributed by atoms with Crippen molar-refractivity contribution in [1.82, 2.24) is 0 Å². The number of nitrogens with two attached hydrogens (primary N) is 1. The first-order valence-electron chi connectivity index (χ1n) is 4.85. The normalized spacial score (nSPS) is 15.9. The van der Waals surface area contributed by atoms with Crippen molar-refractivity contribution >= 4 is 13.6 Å². The average Bonchev–Trinajstić information content (AvgIpc) is 2.18. The number of carboxylic acids is 1. The first-order chi connectivity index (χ1) is 7.78. The Balaban J connectivity index is 2.68. The van der Waals surface area contributed by atoms with Crippen LogP contribution in [0.2, 0.25) is 0 Å². The molecule has 1 aromatic carbocycles. The molecule has 0 saturated carbocycles. The van der Waals surface area contributed by atoms with Crippen molar-refractivity contribution in [3.8, 4) is 5.75 Å². The second-order valence-electron chi connectivity index (χ2n) is 3.69. The molecule has 17 heavy (non-hydrogen) atoms. The number of hydrogen-bond donors (Lipinski definition) is 3. The fourth-order valence-corrected chi connectivity index (χ4v) is 1.74. The zero-order chi connectivity index (χ0) is 13.1. The number of benzene rings is 1. The summed E-state index contributed by atoms with van der Waals surface area (Å²) in [6.45, 7) is 1.08. The van der Waals surface area contributed by atoms with E-state index >= 15 is 0 Å². The Morgan fingerprint density at radius 3 is 2.41 bits per heavy atom. The number of carbonyl (C=O) groups is 1. The molecule has 0 amide bonds. The van der Waals surface area contributed by atoms with Crippen LogP contribution in [0.3, 0.4) is 0 Å². The zero-order valence-electron chi connectivity index (χ0n) is 9.24. The second kappa shape index (κ2) is 5.31. The van der Waals surface area contributed by atoms with Gasteiger partial charge in [0.15, 0.2) is 0 Å². The van der Waals surface area contributed by atoms with Gasteiger partial charge < -0.3 is 20.3 Å². The molecule has 0 spiro atoms. The van der Waals surface area contributed by atoms with Crippen LogP contribution in [-0.4, -0.2) is 28.7 Å². The van der Waals surface area contributed by atoms with Gasteiger partial charge in [-0.25, -0.2) is 4.57 Å². The molecule has 0 aromatic heterocycles. The van der Waals surface area contributed by atoms with Crippen LogP contribution in [0.25, 0.3) is 0 Å². The summed E-state index contributed by atoms with van der Waals surface area (Å²) in [5, 5.41) is 8.63. The van der Waals surface area contributed by atoms with Crippen molar-refractivity contribution < 1.29 is 23.9 Å². The van der Waals surface area contributed by atoms with Crippen LogP contribution in [0.5, 0.6) is 5.75 Å². The lowest BCUT2D eigenvalue weighted by Crippen LogP contribution is -2.32. The summed E-state index contributed by atoms with van der Waals surface area (Å²) in [6.07, 6.45) is 0.193. The fourth-order valence-electron chi connectivity index (χ4n) is 1.22. The molecular formula is C10H14NO5P. The summed E-state index contributed by atoms with van der Waals surface area (Å²) < 4.78 is 15.7. The summed E-state index contributed by atoms with van der Waals surface area (Å²) >= 11 is 0. The lowest BCUT2D eigenvalue weighted by molar-refractivity contribution is -0.138. The van der Waals surface area contributed by atoms with Crippen LogP contribution in [0.1, 0.15) is 5.56 Å². The van der Waals surface area contributed by atoms with Crippen molar-refractivity contribution in [3.05, 3.63) is 29.8 Å². The van der Waals surface area contributed by atoms with Gasteiger partial charge in [-0.2, -0.15) is 0 Å². The summed E-state index contributed by atoms with van der Waals surface area (Å²) in [5.41, 5.74) is 6.09. The minimum absolute atomic E-state index is 0.193. The van der Waals surface area contributed by atoms with E-state index < -0.39 is 19.6 Å². The summed E-state index contributed by atoms with van der Waals surface area (Å²) in [6, 6.07) is 5.24. The van der Waals surface area contributed by atoms with Crippen molar-refractivity contribution in [2.75, 3.05) is 6.66 Å². The van der Waals surface area contributed by atoms with Gasteiger partial charge in [-0.1, -0.05) is 12.1 Å². The van der Waals surface area contributed by atoms with E-state index in [0.29, 0.717) is 0 Å². The van der Waals surface area contributed by atoms with E-state index in [1.54, 1.807) is 12.1 Å². The van der Waals surface area contributed by atoms with Gasteiger partial charge >= 0.3 is 13.6 Å². The number of carboxylic acid groups (broad SMARTS) is 1. The predicted octanol–water partition coefficient (Wildman–Crippen LogP) is 0.835. The van der Waals surface area contributed by atoms with Crippen molar-refractivity contribution in [1.29, 1.82) is 0 Å². The Morgan fingerprint density at radius 1 is 1.47 bits per heavy atom. The van der Waals surface area contributed by atoms with Crippen LogP contribution in [0.15, 0.2) is 24.3 Å². The van der Waals surface area contributed by atoms with Gasteiger partial charge in [0.2, 0.25) is 0 Å². The van der Waals surface area contributed by atoms with Crippen LogP contribution >= 0.6 is 7.60 Å². The molecule has 0 saturated heterocycles. The Labute approximate surface area is 98.6 Å². The molecule has 1 rings (SSSR count). The molecule has 0 heterocycles. The van der Waals surface area contributed by atoms with E-state index in [4.69, 9.17) is 20.3 Å². The van der Waals surface area contributed by atoms with E-state index in [1.165, 1.54) is 12.1 Å². The van der Waals surface area contributed by atoms with E-state index in [9.17, 15) is 9.36 Å². The molecule has 4 N–H and O–H groups in total. The standard InChI is InChI=1S/C10H14NO5P/c1-17(14,15)16-8-4-2-7(3-5-8)6-9(11)10(12)13/h2-5,9H,6,11H2,1H3,(H,12,13)(H,14,15). The molecule has 7 heteroatoms. The second-order valence-corrected chi connectivity index (χ2v) is 5.48. The van der Waals surface area contributed by atoms with Crippen LogP contribution in [0.4, 0.5) is 0 Å². The van der Waals surface area contributed by atoms with Crippen LogP contribution in [0, 0.1) is 0 Å². The largest absolute Gasteiger partial charge is 0.480 e. The topological polar surface area (TPSA) is 110 Å². The van der Waals surface area contributed by atoms with Gasteiger partial charge in [-0.05, 0) is 24.1 Å². The van der Waals surface area contributed by atoms with E-state index in [1.807, 2.05) is 0 Å². The minimum atomic E-state index is -3.56. The zero-order valence-corrected chi connectivity index (χ0v) is 10.1. The summed E-state index contributed by atoms with van der Waals surface area (Å²) in [4.78, 5) is 19.5. The maximum absolute atomic E-state index is 11.0. The van der Waals surface area contributed by atoms with Crippen molar-refractivity contribution in [3.63, 3.8) is 0 Å². The lowest BCUT2D eigenvalue weighted by atomic mass is 10.1. The van der Waals surface area contributed by atoms with Gasteiger partial charge in [0.1, 0.15) is 11.8 Å². The van der Waals surface area contributed by atoms with Crippen molar-refractivity contribution in [2.45, 2.75) is 12.5 Å². The molecule has 94 valence electrons. The molecule has 1 aromatic rings. The number of aliphatic carboxylic acids is 1. The molecule has 0 radical (unpaired) electrons. The summed E-state index contributed by atoms with van der Waals surface area (Å²) in [7, 11) is -3.56. The molecule has 6 nitrogen and oxygen atoms in total. The Morgan fingerprint density at radius 2 is 2.00 bits per heavy atom. The molecule has 0 aliphatic rings. The molecule has 2 atom stereocenters. The van der Waals surface area contributed by atoms with Gasteiger partial charge in [-0.3, -0.25) is 4.79 Å². The lowest BCUT2D eigenvalue weighted by Gasteiger charge is -2.10. The van der Waals surface area contributed by atoms with E-state index in [2.05, 4.69) is 0 Å². The fraction of sp³-hybridized carbons (Fsp3) is 0.300. The first-order valence-corrected chi connectivity index (χ1v) is 6.87. The smallest absolute Gasteiger partial charge is 0.373 e. The van der Waals surface area contributed by atoms with Gasteiger partial charge in [0.05, 0.1) is 0 Å². The van der Waals surface area contributed by atoms with Gasteiger partial charge in [0, 0.05) is 6.66 Å². The predicted molar refractivity (Wildman–Crippen MR) is 62.1 cm³/mol. The number of hydrogen-bond acceptors (Lipinski definition) is 4. The Hall–Kier alpha value is -1.36. The SMILES string of the molecule is CP(=O)(O)Oc1ccc(CC(N)C(=O)O)cc1. The highest BCUT2D eigenvalue weighted by Gasteiger charge is 2.14. The van der Waals surface area contributed by atoms with E-state index in [0.717, 1.165) is 12.2 Å². The third kappa shape index (κ3) is 4.99. The maximum Gasteiger partial charge on any atom is 0.373 e. The number of rotatable bonds is 5. The van der Waals surface area contributed by atoms with Gasteiger partial charge in [-0.15, -0.1) is 0 Å². The first kappa shape index (κ1) is 13.7. The quantitative estimate of drug-likeness (QED) is 0.676. The molecular weight excluding hydrogens is 245 g/mol. The highest BCUT2D eigenvalue weighted by Crippen LogP contribution is 2.37. The molecule has 0 aliphatic heterocycles.